The number of piperazine rings is 1. The maximum atomic E-state index is 13.5. The second-order valence-corrected chi connectivity index (χ2v) is 9.72. The summed E-state index contributed by atoms with van der Waals surface area (Å²) in [6.45, 7) is 3.67. The van der Waals surface area contributed by atoms with Crippen LogP contribution in [0.4, 0.5) is 11.4 Å². The molecule has 1 aliphatic rings. The number of benzene rings is 3. The van der Waals surface area contributed by atoms with E-state index in [-0.39, 0.29) is 10.8 Å². The molecular formula is C25H28N4O3S. The largest absolute Gasteiger partial charge is 0.368 e. The summed E-state index contributed by atoms with van der Waals surface area (Å²) in [5.41, 5.74) is 2.67. The van der Waals surface area contributed by atoms with Crippen LogP contribution in [-0.2, 0) is 16.6 Å². The second kappa shape index (κ2) is 10.1. The van der Waals surface area contributed by atoms with Crippen LogP contribution < -0.4 is 14.9 Å². The molecule has 0 spiro atoms. The Morgan fingerprint density at radius 1 is 0.970 bits per heavy atom. The van der Waals surface area contributed by atoms with Gasteiger partial charge in [-0.2, -0.15) is 0 Å². The van der Waals surface area contributed by atoms with Crippen molar-refractivity contribution < 1.29 is 13.2 Å². The first-order valence-corrected chi connectivity index (χ1v) is 12.4. The average Bonchev–Trinajstić information content (AvgIpc) is 2.85. The minimum absolute atomic E-state index is 0.159. The van der Waals surface area contributed by atoms with E-state index in [2.05, 4.69) is 14.9 Å². The van der Waals surface area contributed by atoms with Gasteiger partial charge in [0, 0.05) is 51.1 Å². The third-order valence-corrected chi connectivity index (χ3v) is 7.00. The summed E-state index contributed by atoms with van der Waals surface area (Å²) in [6, 6.07) is 23.2. The number of carbonyl (C=O) groups is 1. The summed E-state index contributed by atoms with van der Waals surface area (Å²) >= 11 is 0. The maximum Gasteiger partial charge on any atom is 0.261 e. The topological polar surface area (TPSA) is 81.8 Å². The highest BCUT2D eigenvalue weighted by Gasteiger charge is 2.23. The fraction of sp³-hybridized carbons (Fsp3) is 0.240. The molecule has 1 amide bonds. The van der Waals surface area contributed by atoms with Gasteiger partial charge in [0.05, 0.1) is 10.5 Å². The first kappa shape index (κ1) is 22.8. The quantitative estimate of drug-likeness (QED) is 0.561. The van der Waals surface area contributed by atoms with Crippen LogP contribution >= 0.6 is 0 Å². The lowest BCUT2D eigenvalue weighted by molar-refractivity contribution is 0.0785. The van der Waals surface area contributed by atoms with Crippen LogP contribution in [0.1, 0.15) is 15.9 Å². The number of rotatable bonds is 7. The van der Waals surface area contributed by atoms with Crippen molar-refractivity contribution in [2.75, 3.05) is 42.8 Å². The molecule has 1 aliphatic heterocycles. The number of hydrogen-bond acceptors (Lipinski definition) is 5. The van der Waals surface area contributed by atoms with E-state index in [4.69, 9.17) is 0 Å². The van der Waals surface area contributed by atoms with Gasteiger partial charge in [0.2, 0.25) is 0 Å². The predicted octanol–water partition coefficient (Wildman–Crippen LogP) is 3.17. The fourth-order valence-corrected chi connectivity index (χ4v) is 4.97. The third-order valence-electron chi connectivity index (χ3n) is 5.60. The van der Waals surface area contributed by atoms with Gasteiger partial charge in [-0.3, -0.25) is 9.52 Å². The van der Waals surface area contributed by atoms with Gasteiger partial charge in [-0.05, 0) is 35.9 Å². The summed E-state index contributed by atoms with van der Waals surface area (Å²) in [5.74, 6) is -0.159. The molecule has 0 bridgehead atoms. The molecule has 1 heterocycles. The molecule has 0 unspecified atom stereocenters. The molecule has 1 fully saturated rings. The molecule has 1 saturated heterocycles. The smallest absolute Gasteiger partial charge is 0.261 e. The molecule has 0 aliphatic carbocycles. The summed E-state index contributed by atoms with van der Waals surface area (Å²) in [7, 11) is -2.00. The normalized spacial score (nSPS) is 14.0. The van der Waals surface area contributed by atoms with E-state index in [0.29, 0.717) is 17.8 Å². The zero-order valence-corrected chi connectivity index (χ0v) is 19.4. The second-order valence-electron chi connectivity index (χ2n) is 8.03. The molecule has 7 nitrogen and oxygen atoms in total. The van der Waals surface area contributed by atoms with Crippen LogP contribution in [0.2, 0.25) is 0 Å². The van der Waals surface area contributed by atoms with Crippen molar-refractivity contribution in [3.05, 3.63) is 90.0 Å². The lowest BCUT2D eigenvalue weighted by Gasteiger charge is -2.32. The zero-order valence-electron chi connectivity index (χ0n) is 18.6. The Kier molecular flexibility index (Phi) is 6.96. The highest BCUT2D eigenvalue weighted by atomic mass is 32.2. The minimum Gasteiger partial charge on any atom is -0.368 e. The van der Waals surface area contributed by atoms with Crippen LogP contribution in [0.5, 0.6) is 0 Å². The van der Waals surface area contributed by atoms with E-state index in [0.717, 1.165) is 37.4 Å². The number of carbonyl (C=O) groups excluding carboxylic acids is 1. The predicted molar refractivity (Wildman–Crippen MR) is 131 cm³/mol. The minimum atomic E-state index is -3.76. The molecule has 172 valence electrons. The highest BCUT2D eigenvalue weighted by molar-refractivity contribution is 7.92. The Hall–Kier alpha value is -3.36. The van der Waals surface area contributed by atoms with Gasteiger partial charge in [0.1, 0.15) is 0 Å². The third kappa shape index (κ3) is 5.53. The van der Waals surface area contributed by atoms with Crippen molar-refractivity contribution in [1.29, 1.82) is 0 Å². The molecule has 4 rings (SSSR count). The molecule has 8 heteroatoms. The summed E-state index contributed by atoms with van der Waals surface area (Å²) in [4.78, 5) is 17.5. The first-order valence-electron chi connectivity index (χ1n) is 10.9. The van der Waals surface area contributed by atoms with Crippen molar-refractivity contribution in [1.82, 2.24) is 10.2 Å². The van der Waals surface area contributed by atoms with Gasteiger partial charge in [-0.15, -0.1) is 0 Å². The monoisotopic (exact) mass is 464 g/mol. The standard InChI is InChI=1S/C25H28N4O3S/c1-28(19-20-8-4-2-5-9-20)25(30)23-18-21(12-13-24(23)29-16-14-26-15-17-29)27-33(31,32)22-10-6-3-7-11-22/h2-13,18,26-27H,14-17,19H2,1H3. The van der Waals surface area contributed by atoms with Crippen LogP contribution in [0, 0.1) is 0 Å². The van der Waals surface area contributed by atoms with Crippen molar-refractivity contribution in [3.8, 4) is 0 Å². The van der Waals surface area contributed by atoms with Crippen molar-refractivity contribution in [2.24, 2.45) is 0 Å². The Labute approximate surface area is 195 Å². The highest BCUT2D eigenvalue weighted by Crippen LogP contribution is 2.28. The van der Waals surface area contributed by atoms with Gasteiger partial charge in [-0.25, -0.2) is 8.42 Å². The lowest BCUT2D eigenvalue weighted by Crippen LogP contribution is -2.44. The summed E-state index contributed by atoms with van der Waals surface area (Å²) in [6.07, 6.45) is 0. The number of sulfonamides is 1. The van der Waals surface area contributed by atoms with Crippen LogP contribution in [-0.4, -0.2) is 52.5 Å². The molecular weight excluding hydrogens is 436 g/mol. The van der Waals surface area contributed by atoms with E-state index >= 15 is 0 Å². The van der Waals surface area contributed by atoms with Crippen LogP contribution in [0.25, 0.3) is 0 Å². The summed E-state index contributed by atoms with van der Waals surface area (Å²) in [5, 5.41) is 3.32. The molecule has 0 saturated carbocycles. The molecule has 0 radical (unpaired) electrons. The molecule has 2 N–H and O–H groups in total. The molecule has 3 aromatic carbocycles. The van der Waals surface area contributed by atoms with Crippen molar-refractivity contribution in [3.63, 3.8) is 0 Å². The van der Waals surface area contributed by atoms with E-state index in [1.54, 1.807) is 42.3 Å². The first-order chi connectivity index (χ1) is 15.9. The Morgan fingerprint density at radius 2 is 1.61 bits per heavy atom. The number of nitrogens with zero attached hydrogens (tertiary/aromatic N) is 2. The number of nitrogens with one attached hydrogen (secondary N) is 2. The number of amides is 1. The van der Waals surface area contributed by atoms with Crippen molar-refractivity contribution >= 4 is 27.3 Å². The zero-order chi connectivity index (χ0) is 23.3. The molecule has 0 aromatic heterocycles. The van der Waals surface area contributed by atoms with Crippen LogP contribution in [0.3, 0.4) is 0 Å². The fourth-order valence-electron chi connectivity index (χ4n) is 3.90. The lowest BCUT2D eigenvalue weighted by atomic mass is 10.1. The van der Waals surface area contributed by atoms with Gasteiger partial charge < -0.3 is 15.1 Å². The average molecular weight is 465 g/mol. The summed E-state index contributed by atoms with van der Waals surface area (Å²) < 4.78 is 28.3. The number of hydrogen-bond donors (Lipinski definition) is 2. The Bertz CT molecular complexity index is 1190. The van der Waals surface area contributed by atoms with Gasteiger partial charge in [0.15, 0.2) is 0 Å². The van der Waals surface area contributed by atoms with Gasteiger partial charge >= 0.3 is 0 Å². The van der Waals surface area contributed by atoms with E-state index < -0.39 is 10.0 Å². The van der Waals surface area contributed by atoms with Gasteiger partial charge in [-0.1, -0.05) is 48.5 Å². The number of anilines is 2. The Balaban J connectivity index is 1.65. The SMILES string of the molecule is CN(Cc1ccccc1)C(=O)c1cc(NS(=O)(=O)c2ccccc2)ccc1N1CCNCC1. The Morgan fingerprint density at radius 3 is 2.27 bits per heavy atom. The van der Waals surface area contributed by atoms with Crippen LogP contribution in [0.15, 0.2) is 83.8 Å². The maximum absolute atomic E-state index is 13.5. The van der Waals surface area contributed by atoms with E-state index in [1.807, 2.05) is 36.4 Å². The van der Waals surface area contributed by atoms with E-state index in [9.17, 15) is 13.2 Å². The van der Waals surface area contributed by atoms with Gasteiger partial charge in [0.25, 0.3) is 15.9 Å². The molecule has 0 atom stereocenters. The van der Waals surface area contributed by atoms with Crippen molar-refractivity contribution in [2.45, 2.75) is 11.4 Å². The molecule has 33 heavy (non-hydrogen) atoms. The molecule has 3 aromatic rings. The van der Waals surface area contributed by atoms with E-state index in [1.165, 1.54) is 12.1 Å².